The van der Waals surface area contributed by atoms with E-state index < -0.39 is 0 Å². The lowest BCUT2D eigenvalue weighted by atomic mass is 9.91. The standard InChI is InChI=1S/C17H18N2O/c1-2-4-14-11(3-1)12-5-8-19-9-6-15-13(7-10-20-15)17(19)16(12)18-14/h1-4,15,18H,5-10H2. The van der Waals surface area contributed by atoms with E-state index in [-0.39, 0.29) is 0 Å². The van der Waals surface area contributed by atoms with Gasteiger partial charge in [0.1, 0.15) is 0 Å². The fraction of sp³-hybridized carbons (Fsp3) is 0.412. The maximum Gasteiger partial charge on any atom is 0.0826 e. The molecule has 1 atom stereocenters. The molecule has 1 unspecified atom stereocenters. The molecule has 102 valence electrons. The van der Waals surface area contributed by atoms with Crippen molar-refractivity contribution in [2.75, 3.05) is 19.7 Å². The first kappa shape index (κ1) is 11.0. The molecule has 0 aliphatic carbocycles. The molecule has 1 aromatic carbocycles. The molecule has 3 aliphatic rings. The Morgan fingerprint density at radius 1 is 1.15 bits per heavy atom. The first-order valence-electron chi connectivity index (χ1n) is 7.61. The van der Waals surface area contributed by atoms with Crippen molar-refractivity contribution in [2.24, 2.45) is 0 Å². The van der Waals surface area contributed by atoms with Crippen molar-refractivity contribution in [3.63, 3.8) is 0 Å². The minimum absolute atomic E-state index is 0.374. The van der Waals surface area contributed by atoms with Gasteiger partial charge in [0.05, 0.1) is 24.1 Å². The topological polar surface area (TPSA) is 28.3 Å². The zero-order valence-corrected chi connectivity index (χ0v) is 11.5. The number of nitrogens with zero attached hydrogens (tertiary/aromatic N) is 1. The second kappa shape index (κ2) is 3.89. The summed E-state index contributed by atoms with van der Waals surface area (Å²) >= 11 is 0. The molecule has 1 fully saturated rings. The molecule has 2 aromatic rings. The van der Waals surface area contributed by atoms with Gasteiger partial charge in [-0.15, -0.1) is 0 Å². The van der Waals surface area contributed by atoms with Crippen LogP contribution in [0.25, 0.3) is 16.6 Å². The number of hydrogen-bond acceptors (Lipinski definition) is 2. The number of rotatable bonds is 0. The van der Waals surface area contributed by atoms with E-state index in [0.717, 1.165) is 39.0 Å². The van der Waals surface area contributed by atoms with Gasteiger partial charge in [-0.3, -0.25) is 0 Å². The summed E-state index contributed by atoms with van der Waals surface area (Å²) in [5.74, 6) is 0. The summed E-state index contributed by atoms with van der Waals surface area (Å²) in [6.45, 7) is 3.19. The van der Waals surface area contributed by atoms with E-state index in [4.69, 9.17) is 4.74 Å². The van der Waals surface area contributed by atoms with Crippen LogP contribution in [0.15, 0.2) is 29.8 Å². The third-order valence-corrected chi connectivity index (χ3v) is 5.04. The summed E-state index contributed by atoms with van der Waals surface area (Å²) in [5.41, 5.74) is 7.13. The van der Waals surface area contributed by atoms with Crippen LogP contribution < -0.4 is 0 Å². The quantitative estimate of drug-likeness (QED) is 0.794. The van der Waals surface area contributed by atoms with E-state index in [1.807, 2.05) is 0 Å². The highest BCUT2D eigenvalue weighted by atomic mass is 16.5. The number of para-hydroxylation sites is 1. The minimum Gasteiger partial charge on any atom is -0.373 e. The number of benzene rings is 1. The van der Waals surface area contributed by atoms with Gasteiger partial charge in [0.15, 0.2) is 0 Å². The van der Waals surface area contributed by atoms with Crippen LogP contribution in [-0.4, -0.2) is 35.7 Å². The van der Waals surface area contributed by atoms with Crippen LogP contribution in [0.4, 0.5) is 0 Å². The van der Waals surface area contributed by atoms with Crippen molar-refractivity contribution in [1.29, 1.82) is 0 Å². The van der Waals surface area contributed by atoms with Crippen LogP contribution in [-0.2, 0) is 11.2 Å². The Hall–Kier alpha value is -1.74. The highest BCUT2D eigenvalue weighted by Crippen LogP contribution is 2.42. The number of ether oxygens (including phenoxy) is 1. The molecule has 1 N–H and O–H groups in total. The molecule has 3 nitrogen and oxygen atoms in total. The Kier molecular flexibility index (Phi) is 2.13. The largest absolute Gasteiger partial charge is 0.373 e. The third kappa shape index (κ3) is 1.33. The first-order chi connectivity index (χ1) is 9.92. The second-order valence-corrected chi connectivity index (χ2v) is 6.03. The van der Waals surface area contributed by atoms with Crippen LogP contribution in [0.3, 0.4) is 0 Å². The number of aromatic amines is 1. The second-order valence-electron chi connectivity index (χ2n) is 6.03. The van der Waals surface area contributed by atoms with Crippen LogP contribution in [0.5, 0.6) is 0 Å². The summed E-state index contributed by atoms with van der Waals surface area (Å²) < 4.78 is 5.90. The van der Waals surface area contributed by atoms with Crippen molar-refractivity contribution in [3.05, 3.63) is 41.1 Å². The maximum absolute atomic E-state index is 5.90. The first-order valence-corrected chi connectivity index (χ1v) is 7.61. The highest BCUT2D eigenvalue weighted by Gasteiger charge is 2.36. The van der Waals surface area contributed by atoms with Gasteiger partial charge in [-0.1, -0.05) is 18.2 Å². The monoisotopic (exact) mass is 266 g/mol. The van der Waals surface area contributed by atoms with E-state index in [0.29, 0.717) is 6.10 Å². The average molecular weight is 266 g/mol. The van der Waals surface area contributed by atoms with Crippen LogP contribution in [0, 0.1) is 0 Å². The summed E-state index contributed by atoms with van der Waals surface area (Å²) in [6, 6.07) is 8.69. The molecule has 3 heteroatoms. The molecule has 5 rings (SSSR count). The van der Waals surface area contributed by atoms with Gasteiger partial charge in [-0.2, -0.15) is 0 Å². The Balaban J connectivity index is 1.80. The maximum atomic E-state index is 5.90. The molecule has 0 saturated carbocycles. The Morgan fingerprint density at radius 3 is 3.10 bits per heavy atom. The summed E-state index contributed by atoms with van der Waals surface area (Å²) in [4.78, 5) is 6.24. The lowest BCUT2D eigenvalue weighted by Gasteiger charge is -2.38. The lowest BCUT2D eigenvalue weighted by molar-refractivity contribution is 0.105. The molecule has 20 heavy (non-hydrogen) atoms. The van der Waals surface area contributed by atoms with Gasteiger partial charge in [0.2, 0.25) is 0 Å². The molecular formula is C17H18N2O. The number of hydrogen-bond donors (Lipinski definition) is 1. The zero-order valence-electron chi connectivity index (χ0n) is 11.5. The van der Waals surface area contributed by atoms with Crippen molar-refractivity contribution in [3.8, 4) is 0 Å². The van der Waals surface area contributed by atoms with E-state index in [9.17, 15) is 0 Å². The molecule has 0 spiro atoms. The van der Waals surface area contributed by atoms with Crippen LogP contribution in [0.1, 0.15) is 24.1 Å². The number of H-pyrrole nitrogens is 1. The Morgan fingerprint density at radius 2 is 2.10 bits per heavy atom. The molecule has 1 aromatic heterocycles. The van der Waals surface area contributed by atoms with Gasteiger partial charge in [0, 0.05) is 24.0 Å². The zero-order chi connectivity index (χ0) is 13.1. The van der Waals surface area contributed by atoms with E-state index in [1.165, 1.54) is 33.4 Å². The van der Waals surface area contributed by atoms with Gasteiger partial charge < -0.3 is 14.6 Å². The van der Waals surface area contributed by atoms with Gasteiger partial charge in [-0.05, 0) is 36.5 Å². The van der Waals surface area contributed by atoms with Gasteiger partial charge >= 0.3 is 0 Å². The molecule has 3 aliphatic heterocycles. The van der Waals surface area contributed by atoms with Crippen LogP contribution >= 0.6 is 0 Å². The normalized spacial score (nSPS) is 24.8. The molecule has 0 bridgehead atoms. The van der Waals surface area contributed by atoms with Crippen LogP contribution in [0.2, 0.25) is 0 Å². The van der Waals surface area contributed by atoms with E-state index >= 15 is 0 Å². The van der Waals surface area contributed by atoms with E-state index in [2.05, 4.69) is 34.1 Å². The average Bonchev–Trinajstić information content (AvgIpc) is 3.10. The smallest absolute Gasteiger partial charge is 0.0826 e. The predicted octanol–water partition coefficient (Wildman–Crippen LogP) is 2.93. The van der Waals surface area contributed by atoms with Crippen molar-refractivity contribution >= 4 is 16.6 Å². The van der Waals surface area contributed by atoms with Gasteiger partial charge in [-0.25, -0.2) is 0 Å². The fourth-order valence-electron chi connectivity index (χ4n) is 4.14. The lowest BCUT2D eigenvalue weighted by Crippen LogP contribution is -2.37. The van der Waals surface area contributed by atoms with E-state index in [1.54, 1.807) is 0 Å². The molecule has 0 amide bonds. The molecule has 1 saturated heterocycles. The van der Waals surface area contributed by atoms with Gasteiger partial charge in [0.25, 0.3) is 0 Å². The summed E-state index contributed by atoms with van der Waals surface area (Å²) in [7, 11) is 0. The fourth-order valence-corrected chi connectivity index (χ4v) is 4.14. The Bertz CT molecular complexity index is 728. The van der Waals surface area contributed by atoms with Crippen molar-refractivity contribution in [1.82, 2.24) is 9.88 Å². The predicted molar refractivity (Wildman–Crippen MR) is 79.5 cm³/mol. The minimum atomic E-state index is 0.374. The van der Waals surface area contributed by atoms with Crippen molar-refractivity contribution in [2.45, 2.75) is 25.4 Å². The highest BCUT2D eigenvalue weighted by molar-refractivity contribution is 5.90. The third-order valence-electron chi connectivity index (χ3n) is 5.04. The molecule has 0 radical (unpaired) electrons. The summed E-state index contributed by atoms with van der Waals surface area (Å²) in [5, 5.41) is 1.40. The molecule has 4 heterocycles. The summed E-state index contributed by atoms with van der Waals surface area (Å²) in [6.07, 6.45) is 3.79. The Labute approximate surface area is 118 Å². The molecular weight excluding hydrogens is 248 g/mol. The van der Waals surface area contributed by atoms with Crippen molar-refractivity contribution < 1.29 is 4.74 Å². The SMILES string of the molecule is c1ccc2c3c([nH]c2c1)C1=C2CCOC2CCN1CC3. The number of fused-ring (bicyclic) bond motifs is 6. The number of aromatic nitrogens is 1. The number of nitrogens with one attached hydrogen (secondary N) is 1.